The van der Waals surface area contributed by atoms with Gasteiger partial charge in [0, 0.05) is 0 Å². The van der Waals surface area contributed by atoms with Gasteiger partial charge in [0.15, 0.2) is 0 Å². The van der Waals surface area contributed by atoms with E-state index < -0.39 is 17.7 Å². The molecule has 1 N–H and O–H groups in total. The van der Waals surface area contributed by atoms with Gasteiger partial charge in [0.2, 0.25) is 0 Å². The summed E-state index contributed by atoms with van der Waals surface area (Å²) < 4.78 is 42.9. The standard InChI is InChI=1S/C16H13F3O3/c1-10-3-2-4-13(15(20)21)14(10)22-9-11-5-7-12(8-6-11)16(17,18)19/h2-8H,9H2,1H3,(H,20,21). The van der Waals surface area contributed by atoms with E-state index in [-0.39, 0.29) is 17.9 Å². The zero-order valence-corrected chi connectivity index (χ0v) is 11.6. The lowest BCUT2D eigenvalue weighted by Gasteiger charge is -2.12. The van der Waals surface area contributed by atoms with Crippen LogP contribution < -0.4 is 4.74 Å². The Morgan fingerprint density at radius 2 is 1.77 bits per heavy atom. The van der Waals surface area contributed by atoms with Crippen molar-refractivity contribution in [2.45, 2.75) is 19.7 Å². The zero-order valence-electron chi connectivity index (χ0n) is 11.6. The second kappa shape index (κ2) is 6.09. The Bertz CT molecular complexity index is 676. The molecule has 2 aromatic carbocycles. The Balaban J connectivity index is 2.16. The smallest absolute Gasteiger partial charge is 0.416 e. The van der Waals surface area contributed by atoms with Gasteiger partial charge in [-0.1, -0.05) is 24.3 Å². The van der Waals surface area contributed by atoms with Crippen LogP contribution in [0.4, 0.5) is 13.2 Å². The molecule has 0 aliphatic heterocycles. The van der Waals surface area contributed by atoms with E-state index in [1.807, 2.05) is 0 Å². The third kappa shape index (κ3) is 3.58. The Morgan fingerprint density at radius 1 is 1.14 bits per heavy atom. The average Bonchev–Trinajstić information content (AvgIpc) is 2.45. The first-order valence-corrected chi connectivity index (χ1v) is 6.41. The molecule has 0 heterocycles. The van der Waals surface area contributed by atoms with E-state index >= 15 is 0 Å². The van der Waals surface area contributed by atoms with Crippen molar-refractivity contribution in [3.05, 3.63) is 64.7 Å². The summed E-state index contributed by atoms with van der Waals surface area (Å²) in [5, 5.41) is 9.11. The van der Waals surface area contributed by atoms with E-state index in [1.165, 1.54) is 18.2 Å². The van der Waals surface area contributed by atoms with Crippen molar-refractivity contribution in [1.82, 2.24) is 0 Å². The largest absolute Gasteiger partial charge is 0.488 e. The van der Waals surface area contributed by atoms with Crippen LogP contribution in [0.2, 0.25) is 0 Å². The van der Waals surface area contributed by atoms with Gasteiger partial charge in [0.25, 0.3) is 0 Å². The van der Waals surface area contributed by atoms with Gasteiger partial charge < -0.3 is 9.84 Å². The lowest BCUT2D eigenvalue weighted by Crippen LogP contribution is -2.06. The Morgan fingerprint density at radius 3 is 2.32 bits per heavy atom. The molecule has 0 aromatic heterocycles. The minimum absolute atomic E-state index is 0.0106. The number of benzene rings is 2. The predicted molar refractivity (Wildman–Crippen MR) is 73.9 cm³/mol. The molecule has 0 aliphatic carbocycles. The number of ether oxygens (including phenoxy) is 1. The van der Waals surface area contributed by atoms with Crippen molar-refractivity contribution in [2.24, 2.45) is 0 Å². The van der Waals surface area contributed by atoms with Crippen molar-refractivity contribution in [1.29, 1.82) is 0 Å². The molecule has 2 rings (SSSR count). The van der Waals surface area contributed by atoms with Gasteiger partial charge in [-0.05, 0) is 36.2 Å². The number of para-hydroxylation sites is 1. The van der Waals surface area contributed by atoms with E-state index in [4.69, 9.17) is 9.84 Å². The molecule has 0 aliphatic rings. The molecule has 0 saturated heterocycles. The minimum atomic E-state index is -4.38. The van der Waals surface area contributed by atoms with E-state index in [9.17, 15) is 18.0 Å². The molecule has 0 atom stereocenters. The molecule has 116 valence electrons. The third-order valence-electron chi connectivity index (χ3n) is 3.11. The molecular formula is C16H13F3O3. The fourth-order valence-corrected chi connectivity index (χ4v) is 1.96. The molecule has 22 heavy (non-hydrogen) atoms. The molecule has 6 heteroatoms. The minimum Gasteiger partial charge on any atom is -0.488 e. The highest BCUT2D eigenvalue weighted by Crippen LogP contribution is 2.29. The summed E-state index contributed by atoms with van der Waals surface area (Å²) in [5.41, 5.74) is 0.449. The molecule has 2 aromatic rings. The highest BCUT2D eigenvalue weighted by atomic mass is 19.4. The van der Waals surface area contributed by atoms with Gasteiger partial charge in [-0.3, -0.25) is 0 Å². The van der Waals surface area contributed by atoms with Crippen LogP contribution in [0.25, 0.3) is 0 Å². The number of halogens is 3. The summed E-state index contributed by atoms with van der Waals surface area (Å²) in [7, 11) is 0. The number of carbonyl (C=O) groups is 1. The predicted octanol–water partition coefficient (Wildman–Crippen LogP) is 4.29. The molecule has 0 unspecified atom stereocenters. The van der Waals surface area contributed by atoms with Gasteiger partial charge in [0.1, 0.15) is 17.9 Å². The summed E-state index contributed by atoms with van der Waals surface area (Å²) in [5.74, 6) is -0.902. The van der Waals surface area contributed by atoms with Crippen molar-refractivity contribution in [2.75, 3.05) is 0 Å². The molecule has 0 radical (unpaired) electrons. The van der Waals surface area contributed by atoms with Crippen LogP contribution >= 0.6 is 0 Å². The van der Waals surface area contributed by atoms with E-state index in [0.29, 0.717) is 11.1 Å². The van der Waals surface area contributed by atoms with Crippen LogP contribution in [-0.2, 0) is 12.8 Å². The summed E-state index contributed by atoms with van der Waals surface area (Å²) in [6, 6.07) is 9.27. The van der Waals surface area contributed by atoms with Gasteiger partial charge in [0.05, 0.1) is 5.56 Å². The SMILES string of the molecule is Cc1cccc(C(=O)O)c1OCc1ccc(C(F)(F)F)cc1. The highest BCUT2D eigenvalue weighted by molar-refractivity contribution is 5.91. The number of rotatable bonds is 4. The van der Waals surface area contributed by atoms with Crippen LogP contribution in [0.15, 0.2) is 42.5 Å². The third-order valence-corrected chi connectivity index (χ3v) is 3.11. The quantitative estimate of drug-likeness (QED) is 0.916. The topological polar surface area (TPSA) is 46.5 Å². The fraction of sp³-hybridized carbons (Fsp3) is 0.188. The Kier molecular flexibility index (Phi) is 4.40. The zero-order chi connectivity index (χ0) is 16.3. The molecule has 0 bridgehead atoms. The summed E-state index contributed by atoms with van der Waals surface area (Å²) >= 11 is 0. The normalized spacial score (nSPS) is 11.3. The van der Waals surface area contributed by atoms with Crippen LogP contribution in [0, 0.1) is 6.92 Å². The second-order valence-electron chi connectivity index (χ2n) is 4.74. The van der Waals surface area contributed by atoms with Gasteiger partial charge in [-0.15, -0.1) is 0 Å². The van der Waals surface area contributed by atoms with Gasteiger partial charge in [-0.2, -0.15) is 13.2 Å². The number of carboxylic acids is 1. The Hall–Kier alpha value is -2.50. The van der Waals surface area contributed by atoms with Crippen LogP contribution in [0.1, 0.15) is 27.0 Å². The number of aryl methyl sites for hydroxylation is 1. The second-order valence-corrected chi connectivity index (χ2v) is 4.74. The summed E-state index contributed by atoms with van der Waals surface area (Å²) in [6.45, 7) is 1.69. The van der Waals surface area contributed by atoms with Crippen LogP contribution in [0.3, 0.4) is 0 Å². The van der Waals surface area contributed by atoms with Crippen molar-refractivity contribution in [3.63, 3.8) is 0 Å². The van der Waals surface area contributed by atoms with Crippen molar-refractivity contribution >= 4 is 5.97 Å². The monoisotopic (exact) mass is 310 g/mol. The number of carboxylic acid groups (broad SMARTS) is 1. The van der Waals surface area contributed by atoms with E-state index in [1.54, 1.807) is 19.1 Å². The summed E-state index contributed by atoms with van der Waals surface area (Å²) in [6.07, 6.45) is -4.38. The summed E-state index contributed by atoms with van der Waals surface area (Å²) in [4.78, 5) is 11.1. The molecule has 0 spiro atoms. The number of hydrogen-bond donors (Lipinski definition) is 1. The molecular weight excluding hydrogens is 297 g/mol. The van der Waals surface area contributed by atoms with Crippen molar-refractivity contribution < 1.29 is 27.8 Å². The maximum atomic E-state index is 12.5. The molecule has 0 amide bonds. The number of hydrogen-bond acceptors (Lipinski definition) is 2. The first-order chi connectivity index (χ1) is 10.3. The maximum absolute atomic E-state index is 12.5. The van der Waals surface area contributed by atoms with Gasteiger partial charge >= 0.3 is 12.1 Å². The Labute approximate surface area is 125 Å². The van der Waals surface area contributed by atoms with Crippen LogP contribution in [0.5, 0.6) is 5.75 Å². The van der Waals surface area contributed by atoms with Crippen LogP contribution in [-0.4, -0.2) is 11.1 Å². The maximum Gasteiger partial charge on any atom is 0.416 e. The molecule has 0 fully saturated rings. The average molecular weight is 310 g/mol. The number of alkyl halides is 3. The van der Waals surface area contributed by atoms with Crippen molar-refractivity contribution in [3.8, 4) is 5.75 Å². The van der Waals surface area contributed by atoms with E-state index in [2.05, 4.69) is 0 Å². The molecule has 0 saturated carbocycles. The lowest BCUT2D eigenvalue weighted by molar-refractivity contribution is -0.137. The molecule has 3 nitrogen and oxygen atoms in total. The fourth-order valence-electron chi connectivity index (χ4n) is 1.96. The van der Waals surface area contributed by atoms with Gasteiger partial charge in [-0.25, -0.2) is 4.79 Å². The first-order valence-electron chi connectivity index (χ1n) is 6.41. The van der Waals surface area contributed by atoms with E-state index in [0.717, 1.165) is 12.1 Å². The number of aromatic carboxylic acids is 1. The highest BCUT2D eigenvalue weighted by Gasteiger charge is 2.29. The first kappa shape index (κ1) is 15.9. The lowest BCUT2D eigenvalue weighted by atomic mass is 10.1.